The van der Waals surface area contributed by atoms with E-state index in [1.54, 1.807) is 10.5 Å². The molecule has 6 heteroatoms. The molecule has 1 aliphatic rings. The molecule has 0 spiro atoms. The number of fused-ring (bicyclic) bond motifs is 1. The third kappa shape index (κ3) is 3.14. The Hall–Kier alpha value is -2.28. The molecule has 1 atom stereocenters. The molecular formula is C21H19N3OS2. The largest absolute Gasteiger partial charge is 0.290 e. The average Bonchev–Trinajstić information content (AvgIpc) is 3.42. The van der Waals surface area contributed by atoms with E-state index >= 15 is 0 Å². The van der Waals surface area contributed by atoms with Crippen LogP contribution in [0.2, 0.25) is 0 Å². The number of hydrogen-bond donors (Lipinski definition) is 0. The van der Waals surface area contributed by atoms with Gasteiger partial charge in [0.05, 0.1) is 11.4 Å². The van der Waals surface area contributed by atoms with Gasteiger partial charge in [0.15, 0.2) is 4.96 Å². The zero-order chi connectivity index (χ0) is 18.2. The minimum atomic E-state index is 0.00183. The lowest BCUT2D eigenvalue weighted by atomic mass is 10.2. The van der Waals surface area contributed by atoms with Gasteiger partial charge in [0, 0.05) is 28.9 Å². The van der Waals surface area contributed by atoms with Gasteiger partial charge in [-0.2, -0.15) is 0 Å². The minimum Gasteiger partial charge on any atom is -0.290 e. The summed E-state index contributed by atoms with van der Waals surface area (Å²) in [6, 6.07) is 16.5. The Labute approximate surface area is 165 Å². The van der Waals surface area contributed by atoms with Crippen LogP contribution in [0.5, 0.6) is 0 Å². The lowest BCUT2D eigenvalue weighted by Crippen LogP contribution is -2.24. The number of rotatable bonds is 4. The summed E-state index contributed by atoms with van der Waals surface area (Å²) < 4.78 is 1.73. The van der Waals surface area contributed by atoms with Crippen molar-refractivity contribution in [2.45, 2.75) is 25.4 Å². The van der Waals surface area contributed by atoms with E-state index in [2.05, 4.69) is 22.4 Å². The van der Waals surface area contributed by atoms with Crippen molar-refractivity contribution in [1.29, 1.82) is 0 Å². The molecule has 136 valence electrons. The molecule has 3 aromatic heterocycles. The Morgan fingerprint density at radius 2 is 2.00 bits per heavy atom. The number of thiophene rings is 1. The fraction of sp³-hybridized carbons (Fsp3) is 0.238. The van der Waals surface area contributed by atoms with Crippen LogP contribution in [0.3, 0.4) is 0 Å². The highest BCUT2D eigenvalue weighted by molar-refractivity contribution is 7.15. The Morgan fingerprint density at radius 3 is 2.81 bits per heavy atom. The average molecular weight is 394 g/mol. The standard InChI is InChI=1S/C21H19N3OS2/c25-20-12-16(13-23-10-4-8-17(23)19-9-5-11-26-19)22-21-24(20)18(14-27-21)15-6-2-1-3-7-15/h1-3,5-7,9,11-12,14,17H,4,8,10,13H2/t17-/m1/s1. The second kappa shape index (κ2) is 7.03. The molecule has 4 nitrogen and oxygen atoms in total. The van der Waals surface area contributed by atoms with Crippen LogP contribution < -0.4 is 5.56 Å². The molecule has 5 rings (SSSR count). The third-order valence-corrected chi connectivity index (χ3v) is 6.93. The van der Waals surface area contributed by atoms with Gasteiger partial charge in [-0.3, -0.25) is 14.1 Å². The van der Waals surface area contributed by atoms with E-state index in [-0.39, 0.29) is 5.56 Å². The van der Waals surface area contributed by atoms with Crippen LogP contribution in [0, 0.1) is 0 Å². The first-order valence-electron chi connectivity index (χ1n) is 9.12. The molecule has 4 aromatic rings. The van der Waals surface area contributed by atoms with Gasteiger partial charge >= 0.3 is 0 Å². The number of thiazole rings is 1. The molecule has 0 bridgehead atoms. The third-order valence-electron chi connectivity index (χ3n) is 5.13. The highest BCUT2D eigenvalue weighted by Crippen LogP contribution is 2.35. The normalized spacial score (nSPS) is 17.7. The van der Waals surface area contributed by atoms with Crippen LogP contribution in [0.4, 0.5) is 0 Å². The van der Waals surface area contributed by atoms with E-state index in [1.807, 2.05) is 47.0 Å². The maximum Gasteiger partial charge on any atom is 0.259 e. The van der Waals surface area contributed by atoms with Crippen molar-refractivity contribution >= 4 is 27.6 Å². The molecule has 0 saturated carbocycles. The highest BCUT2D eigenvalue weighted by Gasteiger charge is 2.27. The van der Waals surface area contributed by atoms with Gasteiger partial charge in [-0.15, -0.1) is 22.7 Å². The zero-order valence-electron chi connectivity index (χ0n) is 14.7. The van der Waals surface area contributed by atoms with Crippen LogP contribution in [-0.4, -0.2) is 20.8 Å². The number of likely N-dealkylation sites (tertiary alicyclic amines) is 1. The molecule has 0 N–H and O–H groups in total. The van der Waals surface area contributed by atoms with Crippen molar-refractivity contribution in [2.24, 2.45) is 0 Å². The summed E-state index contributed by atoms with van der Waals surface area (Å²) in [7, 11) is 0. The molecule has 1 saturated heterocycles. The monoisotopic (exact) mass is 393 g/mol. The first-order valence-corrected chi connectivity index (χ1v) is 10.9. The van der Waals surface area contributed by atoms with Crippen LogP contribution >= 0.6 is 22.7 Å². The number of nitrogens with zero attached hydrogens (tertiary/aromatic N) is 3. The maximum absolute atomic E-state index is 12.9. The summed E-state index contributed by atoms with van der Waals surface area (Å²) in [4.78, 5) is 22.3. The quantitative estimate of drug-likeness (QED) is 0.499. The van der Waals surface area contributed by atoms with Crippen LogP contribution in [-0.2, 0) is 6.54 Å². The van der Waals surface area contributed by atoms with Gasteiger partial charge in [0.2, 0.25) is 0 Å². The first-order chi connectivity index (χ1) is 13.3. The zero-order valence-corrected chi connectivity index (χ0v) is 16.4. The molecule has 1 fully saturated rings. The molecule has 4 heterocycles. The fourth-order valence-corrected chi connectivity index (χ4v) is 5.70. The predicted octanol–water partition coefficient (Wildman–Crippen LogP) is 4.82. The van der Waals surface area contributed by atoms with Crippen molar-refractivity contribution in [3.05, 3.63) is 80.2 Å². The molecule has 0 aliphatic carbocycles. The number of aromatic nitrogens is 2. The molecule has 0 radical (unpaired) electrons. The van der Waals surface area contributed by atoms with E-state index in [9.17, 15) is 4.79 Å². The Kier molecular flexibility index (Phi) is 4.39. The van der Waals surface area contributed by atoms with E-state index in [0.29, 0.717) is 6.04 Å². The van der Waals surface area contributed by atoms with Crippen molar-refractivity contribution < 1.29 is 0 Å². The minimum absolute atomic E-state index is 0.00183. The Balaban J connectivity index is 1.48. The summed E-state index contributed by atoms with van der Waals surface area (Å²) in [5.74, 6) is 0. The lowest BCUT2D eigenvalue weighted by molar-refractivity contribution is 0.248. The Bertz CT molecular complexity index is 1120. The Morgan fingerprint density at radius 1 is 1.11 bits per heavy atom. The molecule has 27 heavy (non-hydrogen) atoms. The molecule has 1 aromatic carbocycles. The molecular weight excluding hydrogens is 374 g/mol. The summed E-state index contributed by atoms with van der Waals surface area (Å²) in [6.07, 6.45) is 2.37. The lowest BCUT2D eigenvalue weighted by Gasteiger charge is -2.23. The number of benzene rings is 1. The van der Waals surface area contributed by atoms with Crippen LogP contribution in [0.15, 0.2) is 64.1 Å². The van der Waals surface area contributed by atoms with Gasteiger partial charge in [0.1, 0.15) is 0 Å². The predicted molar refractivity (Wildman–Crippen MR) is 111 cm³/mol. The molecule has 0 unspecified atom stereocenters. The van der Waals surface area contributed by atoms with Gasteiger partial charge in [-0.1, -0.05) is 36.4 Å². The maximum atomic E-state index is 12.9. The second-order valence-electron chi connectivity index (χ2n) is 6.83. The first kappa shape index (κ1) is 16.9. The second-order valence-corrected chi connectivity index (χ2v) is 8.65. The summed E-state index contributed by atoms with van der Waals surface area (Å²) >= 11 is 3.34. The summed E-state index contributed by atoms with van der Waals surface area (Å²) in [5, 5.41) is 4.16. The van der Waals surface area contributed by atoms with Crippen LogP contribution in [0.1, 0.15) is 29.5 Å². The molecule has 1 aliphatic heterocycles. The van der Waals surface area contributed by atoms with Gasteiger partial charge < -0.3 is 0 Å². The van der Waals surface area contributed by atoms with Crippen LogP contribution in [0.25, 0.3) is 16.2 Å². The van der Waals surface area contributed by atoms with E-state index < -0.39 is 0 Å². The summed E-state index contributed by atoms with van der Waals surface area (Å²) in [5.41, 5.74) is 2.82. The van der Waals surface area contributed by atoms with E-state index in [1.165, 1.54) is 29.1 Å². The van der Waals surface area contributed by atoms with Crippen molar-refractivity contribution in [3.8, 4) is 11.3 Å². The SMILES string of the molecule is O=c1cc(CN2CCC[C@@H]2c2cccs2)nc2scc(-c3ccccc3)n12. The van der Waals surface area contributed by atoms with Crippen molar-refractivity contribution in [2.75, 3.05) is 6.54 Å². The van der Waals surface area contributed by atoms with Crippen molar-refractivity contribution in [1.82, 2.24) is 14.3 Å². The highest BCUT2D eigenvalue weighted by atomic mass is 32.1. The van der Waals surface area contributed by atoms with E-state index in [4.69, 9.17) is 4.98 Å². The summed E-state index contributed by atoms with van der Waals surface area (Å²) in [6.45, 7) is 1.79. The van der Waals surface area contributed by atoms with Gasteiger partial charge in [-0.25, -0.2) is 4.98 Å². The fourth-order valence-electron chi connectivity index (χ4n) is 3.88. The molecule has 0 amide bonds. The van der Waals surface area contributed by atoms with Gasteiger partial charge in [0.25, 0.3) is 5.56 Å². The smallest absolute Gasteiger partial charge is 0.259 e. The van der Waals surface area contributed by atoms with Crippen molar-refractivity contribution in [3.63, 3.8) is 0 Å². The van der Waals surface area contributed by atoms with E-state index in [0.717, 1.165) is 35.0 Å². The topological polar surface area (TPSA) is 37.6 Å². The van der Waals surface area contributed by atoms with Gasteiger partial charge in [-0.05, 0) is 36.4 Å². The number of hydrogen-bond acceptors (Lipinski definition) is 5.